The molecule has 0 aliphatic carbocycles. The topological polar surface area (TPSA) is 97.1 Å². The molecule has 3 atom stereocenters. The number of primary amides is 1. The number of nitrogens with zero attached hydrogens (tertiary/aromatic N) is 1. The summed E-state index contributed by atoms with van der Waals surface area (Å²) in [5, 5.41) is 13.1. The van der Waals surface area contributed by atoms with Crippen LogP contribution in [0.1, 0.15) is 6.92 Å². The highest BCUT2D eigenvalue weighted by molar-refractivity contribution is 5.80. The van der Waals surface area contributed by atoms with E-state index in [9.17, 15) is 9.90 Å². The molecule has 1 fully saturated rings. The minimum absolute atomic E-state index is 0.0605. The van der Waals surface area contributed by atoms with Crippen molar-refractivity contribution < 1.29 is 19.4 Å². The maximum Gasteiger partial charge on any atom is 0.236 e. The van der Waals surface area contributed by atoms with Crippen molar-refractivity contribution >= 4 is 5.91 Å². The Morgan fingerprint density at radius 1 is 1.58 bits per heavy atom. The van der Waals surface area contributed by atoms with E-state index in [0.29, 0.717) is 26.2 Å². The van der Waals surface area contributed by atoms with E-state index >= 15 is 0 Å². The van der Waals surface area contributed by atoms with Crippen molar-refractivity contribution in [2.24, 2.45) is 5.73 Å². The van der Waals surface area contributed by atoms with E-state index in [4.69, 9.17) is 15.2 Å². The first kappa shape index (κ1) is 16.3. The molecular weight excluding hydrogens is 250 g/mol. The first-order valence-electron chi connectivity index (χ1n) is 6.57. The SMILES string of the molecule is COCC(C)OCC(O)CN1CCNCC1C(N)=O. The van der Waals surface area contributed by atoms with Crippen LogP contribution in [0.15, 0.2) is 0 Å². The summed E-state index contributed by atoms with van der Waals surface area (Å²) in [6, 6.07) is -0.361. The van der Waals surface area contributed by atoms with Crippen molar-refractivity contribution in [2.45, 2.75) is 25.2 Å². The first-order valence-corrected chi connectivity index (χ1v) is 6.57. The van der Waals surface area contributed by atoms with E-state index in [0.717, 1.165) is 6.54 Å². The number of amides is 1. The van der Waals surface area contributed by atoms with Crippen LogP contribution in [0, 0.1) is 0 Å². The molecule has 4 N–H and O–H groups in total. The van der Waals surface area contributed by atoms with E-state index in [1.807, 2.05) is 11.8 Å². The second-order valence-electron chi connectivity index (χ2n) is 4.87. The Bertz CT molecular complexity index is 278. The van der Waals surface area contributed by atoms with Gasteiger partial charge in [0.2, 0.25) is 5.91 Å². The predicted molar refractivity (Wildman–Crippen MR) is 70.7 cm³/mol. The average molecular weight is 275 g/mol. The third-order valence-electron chi connectivity index (χ3n) is 3.10. The van der Waals surface area contributed by atoms with E-state index < -0.39 is 6.10 Å². The highest BCUT2D eigenvalue weighted by Crippen LogP contribution is 2.05. The summed E-state index contributed by atoms with van der Waals surface area (Å²) in [6.45, 7) is 4.99. The fraction of sp³-hybridized carbons (Fsp3) is 0.917. The Morgan fingerprint density at radius 2 is 2.32 bits per heavy atom. The van der Waals surface area contributed by atoms with Gasteiger partial charge in [0.1, 0.15) is 6.04 Å². The third-order valence-corrected chi connectivity index (χ3v) is 3.10. The number of β-amino-alcohol motifs (C(OH)–C–C–N with tert-alkyl or cyclic N) is 1. The van der Waals surface area contributed by atoms with Gasteiger partial charge in [0.05, 0.1) is 25.4 Å². The van der Waals surface area contributed by atoms with Crippen LogP contribution in [0.4, 0.5) is 0 Å². The molecular formula is C12H25N3O4. The molecule has 1 heterocycles. The lowest BCUT2D eigenvalue weighted by Gasteiger charge is -2.35. The van der Waals surface area contributed by atoms with Crippen molar-refractivity contribution in [1.82, 2.24) is 10.2 Å². The number of hydrogen-bond acceptors (Lipinski definition) is 6. The van der Waals surface area contributed by atoms with Gasteiger partial charge in [-0.15, -0.1) is 0 Å². The van der Waals surface area contributed by atoms with Crippen LogP contribution in [-0.4, -0.2) is 80.7 Å². The third kappa shape index (κ3) is 5.84. The molecule has 1 aliphatic heterocycles. The molecule has 112 valence electrons. The number of ether oxygens (including phenoxy) is 2. The molecule has 0 spiro atoms. The highest BCUT2D eigenvalue weighted by Gasteiger charge is 2.28. The maximum atomic E-state index is 11.3. The predicted octanol–water partition coefficient (Wildman–Crippen LogP) is -1.84. The smallest absolute Gasteiger partial charge is 0.236 e. The summed E-state index contributed by atoms with van der Waals surface area (Å²) in [4.78, 5) is 13.2. The number of aliphatic hydroxyl groups is 1. The minimum Gasteiger partial charge on any atom is -0.389 e. The van der Waals surface area contributed by atoms with E-state index in [-0.39, 0.29) is 24.7 Å². The fourth-order valence-electron chi connectivity index (χ4n) is 2.13. The number of methoxy groups -OCH3 is 1. The quantitative estimate of drug-likeness (QED) is 0.481. The number of nitrogens with one attached hydrogen (secondary N) is 1. The second kappa shape index (κ2) is 8.44. The molecule has 0 radical (unpaired) electrons. The number of rotatable bonds is 8. The van der Waals surface area contributed by atoms with Crippen LogP contribution < -0.4 is 11.1 Å². The molecule has 7 heteroatoms. The van der Waals surface area contributed by atoms with Crippen molar-refractivity contribution in [3.8, 4) is 0 Å². The fourth-order valence-corrected chi connectivity index (χ4v) is 2.13. The van der Waals surface area contributed by atoms with Gasteiger partial charge in [-0.3, -0.25) is 9.69 Å². The Kier molecular flexibility index (Phi) is 7.25. The van der Waals surface area contributed by atoms with Gasteiger partial charge in [0.25, 0.3) is 0 Å². The summed E-state index contributed by atoms with van der Waals surface area (Å²) in [5.41, 5.74) is 5.35. The van der Waals surface area contributed by atoms with Gasteiger partial charge in [0, 0.05) is 33.3 Å². The Hall–Kier alpha value is -0.730. The van der Waals surface area contributed by atoms with E-state index in [1.54, 1.807) is 7.11 Å². The minimum atomic E-state index is -0.640. The number of carbonyl (C=O) groups is 1. The van der Waals surface area contributed by atoms with Crippen molar-refractivity contribution in [1.29, 1.82) is 0 Å². The van der Waals surface area contributed by atoms with Crippen LogP contribution in [0.25, 0.3) is 0 Å². The van der Waals surface area contributed by atoms with Gasteiger partial charge in [-0.05, 0) is 6.92 Å². The van der Waals surface area contributed by atoms with Crippen molar-refractivity contribution in [2.75, 3.05) is 46.5 Å². The van der Waals surface area contributed by atoms with Gasteiger partial charge in [-0.2, -0.15) is 0 Å². The molecule has 0 aromatic rings. The monoisotopic (exact) mass is 275 g/mol. The first-order chi connectivity index (χ1) is 9.04. The van der Waals surface area contributed by atoms with Gasteiger partial charge in [-0.1, -0.05) is 0 Å². The standard InChI is InChI=1S/C12H25N3O4/c1-9(7-18-2)19-8-10(16)6-15-4-3-14-5-11(15)12(13)17/h9-11,14,16H,3-8H2,1-2H3,(H2,13,17). The molecule has 1 saturated heterocycles. The van der Waals surface area contributed by atoms with E-state index in [2.05, 4.69) is 5.32 Å². The van der Waals surface area contributed by atoms with E-state index in [1.165, 1.54) is 0 Å². The molecule has 0 saturated carbocycles. The van der Waals surface area contributed by atoms with Gasteiger partial charge in [-0.25, -0.2) is 0 Å². The maximum absolute atomic E-state index is 11.3. The summed E-state index contributed by atoms with van der Waals surface area (Å²) in [5.74, 6) is -0.368. The largest absolute Gasteiger partial charge is 0.389 e. The molecule has 3 unspecified atom stereocenters. The number of carbonyl (C=O) groups excluding carboxylic acids is 1. The lowest BCUT2D eigenvalue weighted by molar-refractivity contribution is -0.124. The molecule has 1 amide bonds. The Balaban J connectivity index is 2.33. The molecule has 7 nitrogen and oxygen atoms in total. The van der Waals surface area contributed by atoms with Crippen LogP contribution >= 0.6 is 0 Å². The number of aliphatic hydroxyl groups excluding tert-OH is 1. The number of hydrogen-bond donors (Lipinski definition) is 3. The number of nitrogens with two attached hydrogens (primary N) is 1. The summed E-state index contributed by atoms with van der Waals surface area (Å²) >= 11 is 0. The second-order valence-corrected chi connectivity index (χ2v) is 4.87. The molecule has 19 heavy (non-hydrogen) atoms. The summed E-state index contributed by atoms with van der Waals surface area (Å²) in [6.07, 6.45) is -0.700. The lowest BCUT2D eigenvalue weighted by Crippen LogP contribution is -2.58. The van der Waals surface area contributed by atoms with Crippen molar-refractivity contribution in [3.63, 3.8) is 0 Å². The highest BCUT2D eigenvalue weighted by atomic mass is 16.5. The molecule has 1 aliphatic rings. The molecule has 0 bridgehead atoms. The van der Waals surface area contributed by atoms with Gasteiger partial charge < -0.3 is 25.6 Å². The molecule has 0 aromatic heterocycles. The van der Waals surface area contributed by atoms with Crippen LogP contribution in [0.3, 0.4) is 0 Å². The Labute approximate surface area is 114 Å². The normalized spacial score (nSPS) is 24.1. The number of piperazine rings is 1. The zero-order chi connectivity index (χ0) is 14.3. The zero-order valence-electron chi connectivity index (χ0n) is 11.7. The molecule has 0 aromatic carbocycles. The van der Waals surface area contributed by atoms with Crippen LogP contribution in [0.5, 0.6) is 0 Å². The van der Waals surface area contributed by atoms with Gasteiger partial charge in [0.15, 0.2) is 0 Å². The molecule has 1 rings (SSSR count). The lowest BCUT2D eigenvalue weighted by atomic mass is 10.1. The van der Waals surface area contributed by atoms with Crippen LogP contribution in [-0.2, 0) is 14.3 Å². The Morgan fingerprint density at radius 3 is 2.95 bits per heavy atom. The van der Waals surface area contributed by atoms with Crippen molar-refractivity contribution in [3.05, 3.63) is 0 Å². The average Bonchev–Trinajstić information content (AvgIpc) is 2.37. The summed E-state index contributed by atoms with van der Waals surface area (Å²) in [7, 11) is 1.61. The van der Waals surface area contributed by atoms with Gasteiger partial charge >= 0.3 is 0 Å². The zero-order valence-corrected chi connectivity index (χ0v) is 11.7. The summed E-state index contributed by atoms with van der Waals surface area (Å²) < 4.78 is 10.4. The van der Waals surface area contributed by atoms with Crippen LogP contribution in [0.2, 0.25) is 0 Å².